The van der Waals surface area contributed by atoms with Gasteiger partial charge >= 0.3 is 0 Å². The van der Waals surface area contributed by atoms with Gasteiger partial charge in [0.2, 0.25) is 0 Å². The van der Waals surface area contributed by atoms with Crippen LogP contribution < -0.4 is 14.2 Å². The summed E-state index contributed by atoms with van der Waals surface area (Å²) in [6.45, 7) is 3.58. The van der Waals surface area contributed by atoms with Gasteiger partial charge in [0.1, 0.15) is 21.6 Å². The normalized spacial score (nSPS) is 15.1. The van der Waals surface area contributed by atoms with Crippen LogP contribution in [0.5, 0.6) is 17.2 Å². The Kier molecular flexibility index (Phi) is 7.55. The summed E-state index contributed by atoms with van der Waals surface area (Å²) in [7, 11) is 1.63. The molecule has 0 atom stereocenters. The van der Waals surface area contributed by atoms with Crippen LogP contribution >= 0.6 is 24.0 Å². The number of nitrogens with zero attached hydrogens (tertiary/aromatic N) is 1. The van der Waals surface area contributed by atoms with E-state index < -0.39 is 0 Å². The molecule has 0 N–H and O–H groups in total. The summed E-state index contributed by atoms with van der Waals surface area (Å²) in [4.78, 5) is 14.6. The lowest BCUT2D eigenvalue weighted by atomic mass is 10.2. The Morgan fingerprint density at radius 2 is 1.69 bits per heavy atom. The third-order valence-electron chi connectivity index (χ3n) is 4.21. The zero-order valence-electron chi connectivity index (χ0n) is 16.4. The first-order valence-electron chi connectivity index (χ1n) is 9.36. The molecular formula is C22H23NO4S2. The maximum absolute atomic E-state index is 12.3. The fraction of sp³-hybridized carbons (Fsp3) is 0.273. The summed E-state index contributed by atoms with van der Waals surface area (Å²) in [5.41, 5.74) is 0.909. The van der Waals surface area contributed by atoms with Crippen LogP contribution in [0, 0.1) is 0 Å². The molecule has 1 aliphatic rings. The van der Waals surface area contributed by atoms with Crippen molar-refractivity contribution < 1.29 is 19.0 Å². The van der Waals surface area contributed by atoms with E-state index in [2.05, 4.69) is 0 Å². The van der Waals surface area contributed by atoms with Gasteiger partial charge in [0.15, 0.2) is 0 Å². The molecule has 5 nitrogen and oxygen atoms in total. The zero-order chi connectivity index (χ0) is 20.6. The fourth-order valence-corrected chi connectivity index (χ4v) is 4.13. The molecule has 7 heteroatoms. The number of thioether (sulfide) groups is 1. The molecule has 0 aromatic heterocycles. The highest BCUT2D eigenvalue weighted by Gasteiger charge is 2.30. The number of carbonyl (C=O) groups excluding carboxylic acids is 1. The Bertz CT molecular complexity index is 913. The van der Waals surface area contributed by atoms with Crippen LogP contribution in [0.25, 0.3) is 6.08 Å². The summed E-state index contributed by atoms with van der Waals surface area (Å²) in [6.07, 6.45) is 2.60. The van der Waals surface area contributed by atoms with Crippen LogP contribution in [0.15, 0.2) is 53.4 Å². The number of likely N-dealkylation sites (N-methyl/N-ethyl adjacent to an activating group) is 1. The third kappa shape index (κ3) is 5.74. The highest BCUT2D eigenvalue weighted by Crippen LogP contribution is 2.32. The van der Waals surface area contributed by atoms with Gasteiger partial charge in [0.05, 0.1) is 25.2 Å². The predicted octanol–water partition coefficient (Wildman–Crippen LogP) is 4.76. The van der Waals surface area contributed by atoms with Crippen LogP contribution in [-0.4, -0.2) is 42.0 Å². The molecule has 0 saturated carbocycles. The summed E-state index contributed by atoms with van der Waals surface area (Å²) in [5, 5.41) is 0. The van der Waals surface area contributed by atoms with Crippen molar-refractivity contribution >= 4 is 40.3 Å². The second-order valence-corrected chi connectivity index (χ2v) is 7.90. The lowest BCUT2D eigenvalue weighted by Gasteiger charge is -2.10. The molecule has 1 heterocycles. The van der Waals surface area contributed by atoms with Crippen LogP contribution in [0.2, 0.25) is 0 Å². The smallest absolute Gasteiger partial charge is 0.266 e. The van der Waals surface area contributed by atoms with E-state index in [0.29, 0.717) is 29.0 Å². The molecule has 0 spiro atoms. The van der Waals surface area contributed by atoms with E-state index in [9.17, 15) is 4.79 Å². The first kappa shape index (κ1) is 21.2. The van der Waals surface area contributed by atoms with Crippen LogP contribution in [0.4, 0.5) is 0 Å². The Labute approximate surface area is 180 Å². The van der Waals surface area contributed by atoms with Crippen molar-refractivity contribution in [3.63, 3.8) is 0 Å². The molecule has 2 aromatic rings. The summed E-state index contributed by atoms with van der Waals surface area (Å²) < 4.78 is 17.3. The summed E-state index contributed by atoms with van der Waals surface area (Å²) >= 11 is 6.59. The van der Waals surface area contributed by atoms with Crippen molar-refractivity contribution in [2.24, 2.45) is 0 Å². The number of amides is 1. The minimum atomic E-state index is -0.0384. The number of thiocarbonyl (C=S) groups is 1. The minimum Gasteiger partial charge on any atom is -0.497 e. The number of benzene rings is 2. The van der Waals surface area contributed by atoms with E-state index in [1.165, 1.54) is 11.8 Å². The van der Waals surface area contributed by atoms with Crippen molar-refractivity contribution in [3.05, 3.63) is 59.0 Å². The van der Waals surface area contributed by atoms with Gasteiger partial charge in [-0.3, -0.25) is 9.69 Å². The molecule has 1 aliphatic heterocycles. The molecule has 0 aliphatic carbocycles. The SMILES string of the molecule is CCN1C(=O)/C(=C/c2cccc(OCCCOc3cccc(OC)c3)c2)SC1=S. The van der Waals surface area contributed by atoms with Crippen molar-refractivity contribution in [1.82, 2.24) is 4.90 Å². The average Bonchev–Trinajstić information content (AvgIpc) is 3.00. The van der Waals surface area contributed by atoms with Gasteiger partial charge in [0.25, 0.3) is 5.91 Å². The van der Waals surface area contributed by atoms with Gasteiger partial charge in [0, 0.05) is 19.0 Å². The highest BCUT2D eigenvalue weighted by atomic mass is 32.2. The molecule has 1 fully saturated rings. The van der Waals surface area contributed by atoms with Gasteiger partial charge in [-0.25, -0.2) is 0 Å². The molecular weight excluding hydrogens is 406 g/mol. The molecule has 3 rings (SSSR count). The second-order valence-electron chi connectivity index (χ2n) is 6.23. The second kappa shape index (κ2) is 10.3. The molecule has 0 radical (unpaired) electrons. The number of rotatable bonds is 9. The first-order chi connectivity index (χ1) is 14.1. The zero-order valence-corrected chi connectivity index (χ0v) is 18.1. The Morgan fingerprint density at radius 1 is 1.03 bits per heavy atom. The number of methoxy groups -OCH3 is 1. The maximum atomic E-state index is 12.3. The van der Waals surface area contributed by atoms with Crippen molar-refractivity contribution in [1.29, 1.82) is 0 Å². The molecule has 0 unspecified atom stereocenters. The van der Waals surface area contributed by atoms with Gasteiger partial charge in [-0.05, 0) is 42.8 Å². The standard InChI is InChI=1S/C22H23NO4S2/c1-3-23-21(24)20(29-22(23)28)14-16-7-4-9-18(13-16)26-11-6-12-27-19-10-5-8-17(15-19)25-2/h4-5,7-10,13-15H,3,6,11-12H2,1-2H3/b20-14-. The quantitative estimate of drug-likeness (QED) is 0.325. The van der Waals surface area contributed by atoms with Crippen molar-refractivity contribution in [3.8, 4) is 17.2 Å². The van der Waals surface area contributed by atoms with Gasteiger partial charge in [-0.15, -0.1) is 0 Å². The van der Waals surface area contributed by atoms with Gasteiger partial charge in [-0.1, -0.05) is 42.2 Å². The van der Waals surface area contributed by atoms with E-state index >= 15 is 0 Å². The molecule has 1 amide bonds. The summed E-state index contributed by atoms with van der Waals surface area (Å²) in [5.74, 6) is 2.26. The van der Waals surface area contributed by atoms with Crippen molar-refractivity contribution in [2.75, 3.05) is 26.9 Å². The number of carbonyl (C=O) groups is 1. The van der Waals surface area contributed by atoms with E-state index in [4.69, 9.17) is 26.4 Å². The van der Waals surface area contributed by atoms with Crippen LogP contribution in [-0.2, 0) is 4.79 Å². The first-order valence-corrected chi connectivity index (χ1v) is 10.6. The molecule has 1 saturated heterocycles. The number of ether oxygens (including phenoxy) is 3. The largest absolute Gasteiger partial charge is 0.497 e. The van der Waals surface area contributed by atoms with Crippen LogP contribution in [0.3, 0.4) is 0 Å². The Balaban J connectivity index is 1.49. The van der Waals surface area contributed by atoms with E-state index in [0.717, 1.165) is 29.2 Å². The highest BCUT2D eigenvalue weighted by molar-refractivity contribution is 8.26. The monoisotopic (exact) mass is 429 g/mol. The Hall–Kier alpha value is -2.51. The van der Waals surface area contributed by atoms with E-state index in [1.54, 1.807) is 12.0 Å². The Morgan fingerprint density at radius 3 is 2.34 bits per heavy atom. The molecule has 0 bridgehead atoms. The molecule has 152 valence electrons. The number of hydrogen-bond acceptors (Lipinski definition) is 6. The van der Waals surface area contributed by atoms with E-state index in [-0.39, 0.29) is 5.91 Å². The lowest BCUT2D eigenvalue weighted by Crippen LogP contribution is -2.27. The predicted molar refractivity (Wildman–Crippen MR) is 121 cm³/mol. The molecule has 2 aromatic carbocycles. The third-order valence-corrected chi connectivity index (χ3v) is 5.59. The fourth-order valence-electron chi connectivity index (χ4n) is 2.75. The maximum Gasteiger partial charge on any atom is 0.266 e. The van der Waals surface area contributed by atoms with Crippen LogP contribution in [0.1, 0.15) is 18.9 Å². The number of hydrogen-bond donors (Lipinski definition) is 0. The average molecular weight is 430 g/mol. The van der Waals surface area contributed by atoms with Gasteiger partial charge in [-0.2, -0.15) is 0 Å². The van der Waals surface area contributed by atoms with Crippen molar-refractivity contribution in [2.45, 2.75) is 13.3 Å². The minimum absolute atomic E-state index is 0.0384. The topological polar surface area (TPSA) is 48.0 Å². The van der Waals surface area contributed by atoms with E-state index in [1.807, 2.05) is 61.5 Å². The lowest BCUT2D eigenvalue weighted by molar-refractivity contribution is -0.121. The summed E-state index contributed by atoms with van der Waals surface area (Å²) in [6, 6.07) is 15.2. The molecule has 29 heavy (non-hydrogen) atoms. The van der Waals surface area contributed by atoms with Gasteiger partial charge < -0.3 is 14.2 Å².